The average molecular weight is 211 g/mol. The van der Waals surface area contributed by atoms with E-state index in [1.54, 1.807) is 0 Å². The summed E-state index contributed by atoms with van der Waals surface area (Å²) in [5, 5.41) is 6.63. The molecule has 1 atom stereocenters. The van der Waals surface area contributed by atoms with E-state index in [-0.39, 0.29) is 5.92 Å². The molecule has 0 aromatic rings. The third-order valence-electron chi connectivity index (χ3n) is 3.30. The van der Waals surface area contributed by atoms with Gasteiger partial charge in [0.2, 0.25) is 5.91 Å². The maximum Gasteiger partial charge on any atom is 0.227 e. The summed E-state index contributed by atoms with van der Waals surface area (Å²) in [5.41, 5.74) is 0. The highest BCUT2D eigenvalue weighted by Gasteiger charge is 2.25. The van der Waals surface area contributed by atoms with Crippen LogP contribution in [0.3, 0.4) is 0 Å². The largest absolute Gasteiger partial charge is 0.341 e. The highest BCUT2D eigenvalue weighted by Crippen LogP contribution is 2.13. The van der Waals surface area contributed by atoms with E-state index in [4.69, 9.17) is 0 Å². The van der Waals surface area contributed by atoms with Crippen molar-refractivity contribution in [2.45, 2.75) is 19.3 Å². The van der Waals surface area contributed by atoms with Gasteiger partial charge in [0, 0.05) is 26.2 Å². The zero-order chi connectivity index (χ0) is 10.5. The van der Waals surface area contributed by atoms with E-state index in [1.807, 2.05) is 4.90 Å². The molecule has 0 aromatic carbocycles. The number of amides is 1. The topological polar surface area (TPSA) is 44.4 Å². The summed E-state index contributed by atoms with van der Waals surface area (Å²) in [7, 11) is 0. The van der Waals surface area contributed by atoms with Crippen LogP contribution in [0.1, 0.15) is 19.3 Å². The van der Waals surface area contributed by atoms with Gasteiger partial charge in [-0.1, -0.05) is 0 Å². The van der Waals surface area contributed by atoms with Crippen molar-refractivity contribution in [3.8, 4) is 0 Å². The molecule has 0 radical (unpaired) electrons. The monoisotopic (exact) mass is 211 g/mol. The third-order valence-corrected chi connectivity index (χ3v) is 3.30. The third kappa shape index (κ3) is 2.92. The van der Waals surface area contributed by atoms with Crippen molar-refractivity contribution in [1.29, 1.82) is 0 Å². The number of rotatable bonds is 1. The summed E-state index contributed by atoms with van der Waals surface area (Å²) in [6.45, 7) is 5.77. The molecule has 0 bridgehead atoms. The minimum absolute atomic E-state index is 0.233. The number of nitrogens with zero attached hydrogens (tertiary/aromatic N) is 1. The number of hydrogen-bond donors (Lipinski definition) is 2. The highest BCUT2D eigenvalue weighted by atomic mass is 16.2. The highest BCUT2D eigenvalue weighted by molar-refractivity contribution is 5.79. The van der Waals surface area contributed by atoms with Gasteiger partial charge >= 0.3 is 0 Å². The second kappa shape index (κ2) is 5.47. The maximum absolute atomic E-state index is 12.2. The van der Waals surface area contributed by atoms with Gasteiger partial charge in [0.15, 0.2) is 0 Å². The molecule has 4 heteroatoms. The van der Waals surface area contributed by atoms with Gasteiger partial charge in [-0.05, 0) is 32.4 Å². The van der Waals surface area contributed by atoms with Crippen molar-refractivity contribution in [3.63, 3.8) is 0 Å². The van der Waals surface area contributed by atoms with Crippen molar-refractivity contribution in [2.24, 2.45) is 5.92 Å². The number of nitrogens with one attached hydrogen (secondary N) is 2. The molecule has 86 valence electrons. The molecule has 15 heavy (non-hydrogen) atoms. The first kappa shape index (κ1) is 10.9. The Balaban J connectivity index is 1.87. The van der Waals surface area contributed by atoms with Crippen LogP contribution in [0.2, 0.25) is 0 Å². The first-order chi connectivity index (χ1) is 7.38. The minimum atomic E-state index is 0.233. The van der Waals surface area contributed by atoms with Gasteiger partial charge in [-0.25, -0.2) is 0 Å². The van der Waals surface area contributed by atoms with E-state index in [2.05, 4.69) is 10.6 Å². The van der Waals surface area contributed by atoms with E-state index < -0.39 is 0 Å². The summed E-state index contributed by atoms with van der Waals surface area (Å²) >= 11 is 0. The molecule has 1 unspecified atom stereocenters. The Kier molecular flexibility index (Phi) is 3.97. The molecule has 0 aliphatic carbocycles. The first-order valence-corrected chi connectivity index (χ1v) is 6.08. The lowest BCUT2D eigenvalue weighted by atomic mass is 9.98. The van der Waals surface area contributed by atoms with Crippen molar-refractivity contribution < 1.29 is 4.79 Å². The van der Waals surface area contributed by atoms with Crippen LogP contribution in [0.25, 0.3) is 0 Å². The van der Waals surface area contributed by atoms with E-state index in [0.29, 0.717) is 5.91 Å². The molecule has 2 heterocycles. The molecule has 0 spiro atoms. The van der Waals surface area contributed by atoms with Crippen molar-refractivity contribution >= 4 is 5.91 Å². The van der Waals surface area contributed by atoms with Crippen LogP contribution < -0.4 is 10.6 Å². The Morgan fingerprint density at radius 2 is 1.93 bits per heavy atom. The van der Waals surface area contributed by atoms with Crippen LogP contribution in [-0.2, 0) is 4.79 Å². The van der Waals surface area contributed by atoms with Gasteiger partial charge in [0.25, 0.3) is 0 Å². The molecule has 2 N–H and O–H groups in total. The molecule has 2 rings (SSSR count). The molecule has 2 saturated heterocycles. The molecule has 2 aliphatic heterocycles. The normalized spacial score (nSPS) is 28.5. The molecule has 2 aliphatic rings. The predicted octanol–water partition coefficient (Wildman–Crippen LogP) is -0.192. The fourth-order valence-electron chi connectivity index (χ4n) is 2.39. The standard InChI is InChI=1S/C11H21N3O/c15-11(10-3-1-4-13-9-10)14-7-2-5-12-6-8-14/h10,12-13H,1-9H2. The lowest BCUT2D eigenvalue weighted by Gasteiger charge is -2.28. The smallest absolute Gasteiger partial charge is 0.227 e. The van der Waals surface area contributed by atoms with E-state index in [0.717, 1.165) is 58.5 Å². The van der Waals surface area contributed by atoms with Crippen LogP contribution in [0.5, 0.6) is 0 Å². The van der Waals surface area contributed by atoms with Crippen molar-refractivity contribution in [3.05, 3.63) is 0 Å². The van der Waals surface area contributed by atoms with E-state index in [9.17, 15) is 4.79 Å². The van der Waals surface area contributed by atoms with Gasteiger partial charge in [-0.3, -0.25) is 4.79 Å². The van der Waals surface area contributed by atoms with Crippen LogP contribution in [-0.4, -0.2) is 50.1 Å². The summed E-state index contributed by atoms with van der Waals surface area (Å²) in [5.74, 6) is 0.600. The molecule has 0 saturated carbocycles. The lowest BCUT2D eigenvalue weighted by Crippen LogP contribution is -2.44. The minimum Gasteiger partial charge on any atom is -0.341 e. The predicted molar refractivity (Wildman–Crippen MR) is 59.7 cm³/mol. The summed E-state index contributed by atoms with van der Waals surface area (Å²) in [6.07, 6.45) is 3.30. The van der Waals surface area contributed by atoms with Crippen LogP contribution in [0.4, 0.5) is 0 Å². The number of carbonyl (C=O) groups is 1. The summed E-state index contributed by atoms with van der Waals surface area (Å²) in [6, 6.07) is 0. The van der Waals surface area contributed by atoms with Gasteiger partial charge < -0.3 is 15.5 Å². The lowest BCUT2D eigenvalue weighted by molar-refractivity contribution is -0.135. The van der Waals surface area contributed by atoms with E-state index in [1.165, 1.54) is 0 Å². The Bertz CT molecular complexity index is 206. The van der Waals surface area contributed by atoms with Gasteiger partial charge in [0.1, 0.15) is 0 Å². The molecular formula is C11H21N3O. The van der Waals surface area contributed by atoms with E-state index >= 15 is 0 Å². The SMILES string of the molecule is O=C(C1CCCNC1)N1CCCNCC1. The summed E-state index contributed by atoms with van der Waals surface area (Å²) < 4.78 is 0. The Labute approximate surface area is 91.4 Å². The molecule has 1 amide bonds. The van der Waals surface area contributed by atoms with Crippen LogP contribution in [0, 0.1) is 5.92 Å². The first-order valence-electron chi connectivity index (χ1n) is 6.08. The van der Waals surface area contributed by atoms with Crippen molar-refractivity contribution in [2.75, 3.05) is 39.3 Å². The maximum atomic E-state index is 12.2. The fourth-order valence-corrected chi connectivity index (χ4v) is 2.39. The quantitative estimate of drug-likeness (QED) is 0.632. The second-order valence-corrected chi connectivity index (χ2v) is 4.47. The number of piperidine rings is 1. The molecule has 2 fully saturated rings. The number of hydrogen-bond acceptors (Lipinski definition) is 3. The zero-order valence-electron chi connectivity index (χ0n) is 9.30. The average Bonchev–Trinajstić information content (AvgIpc) is 2.58. The van der Waals surface area contributed by atoms with Crippen molar-refractivity contribution in [1.82, 2.24) is 15.5 Å². The summed E-state index contributed by atoms with van der Waals surface area (Å²) in [4.78, 5) is 14.2. The van der Waals surface area contributed by atoms with Crippen LogP contribution in [0.15, 0.2) is 0 Å². The molecular weight excluding hydrogens is 190 g/mol. The second-order valence-electron chi connectivity index (χ2n) is 4.47. The number of carbonyl (C=O) groups excluding carboxylic acids is 1. The van der Waals surface area contributed by atoms with Gasteiger partial charge in [0.05, 0.1) is 5.92 Å². The Morgan fingerprint density at radius 1 is 1.07 bits per heavy atom. The zero-order valence-corrected chi connectivity index (χ0v) is 9.30. The molecule has 0 aromatic heterocycles. The van der Waals surface area contributed by atoms with Gasteiger partial charge in [-0.2, -0.15) is 0 Å². The van der Waals surface area contributed by atoms with Gasteiger partial charge in [-0.15, -0.1) is 0 Å². The Hall–Kier alpha value is -0.610. The Morgan fingerprint density at radius 3 is 2.73 bits per heavy atom. The molecule has 4 nitrogen and oxygen atoms in total. The fraction of sp³-hybridized carbons (Fsp3) is 0.909. The van der Waals surface area contributed by atoms with Crippen LogP contribution >= 0.6 is 0 Å².